The number of aromatic nitrogens is 5. The number of phenolic OH excluding ortho intramolecular Hbond substituents is 1. The summed E-state index contributed by atoms with van der Waals surface area (Å²) < 4.78 is 1.46. The molecule has 0 aliphatic heterocycles. The van der Waals surface area contributed by atoms with E-state index in [4.69, 9.17) is 0 Å². The molecular weight excluding hydrogens is 416 g/mol. The monoisotopic (exact) mass is 440 g/mol. The molecule has 3 aromatic carbocycles. The molecule has 0 amide bonds. The maximum absolute atomic E-state index is 12.7. The van der Waals surface area contributed by atoms with Gasteiger partial charge in [0.15, 0.2) is 5.82 Å². The van der Waals surface area contributed by atoms with Gasteiger partial charge < -0.3 is 10.0 Å². The molecule has 0 aliphatic carbocycles. The fourth-order valence-electron chi connectivity index (χ4n) is 3.97. The quantitative estimate of drug-likeness (QED) is 0.389. The summed E-state index contributed by atoms with van der Waals surface area (Å²) in [5, 5.41) is 25.9. The Balaban J connectivity index is 1.71. The second kappa shape index (κ2) is 7.67. The van der Waals surface area contributed by atoms with Crippen molar-refractivity contribution in [2.24, 2.45) is 0 Å². The molecule has 5 rings (SSSR count). The molecule has 0 atom stereocenters. The second-order valence-corrected chi connectivity index (χ2v) is 8.39. The van der Waals surface area contributed by atoms with Gasteiger partial charge in [0.2, 0.25) is 0 Å². The van der Waals surface area contributed by atoms with Crippen molar-refractivity contribution in [3.05, 3.63) is 76.2 Å². The van der Waals surface area contributed by atoms with E-state index in [1.165, 1.54) is 15.7 Å². The topological polar surface area (TPSA) is 103 Å². The predicted octanol–water partition coefficient (Wildman–Crippen LogP) is 4.16. The third-order valence-electron chi connectivity index (χ3n) is 5.98. The lowest BCUT2D eigenvalue weighted by Crippen LogP contribution is -2.16. The van der Waals surface area contributed by atoms with Crippen LogP contribution in [0.2, 0.25) is 0 Å². The van der Waals surface area contributed by atoms with Crippen LogP contribution >= 0.6 is 0 Å². The number of hydrogen-bond donors (Lipinski definition) is 3. The Bertz CT molecular complexity index is 1560. The number of hydrogen-bond acceptors (Lipinski definition) is 5. The lowest BCUT2D eigenvalue weighted by atomic mass is 10.0. The van der Waals surface area contributed by atoms with Crippen LogP contribution in [0.5, 0.6) is 5.75 Å². The highest BCUT2D eigenvalue weighted by atomic mass is 16.3. The molecule has 2 aromatic heterocycles. The Morgan fingerprint density at radius 1 is 0.939 bits per heavy atom. The number of nitrogens with one attached hydrogen (secondary N) is 2. The number of fused-ring (bicyclic) bond motifs is 1. The molecule has 2 heterocycles. The van der Waals surface area contributed by atoms with Crippen LogP contribution < -0.4 is 10.6 Å². The average Bonchev–Trinajstić information content (AvgIpc) is 3.38. The summed E-state index contributed by atoms with van der Waals surface area (Å²) in [6.07, 6.45) is 0. The summed E-state index contributed by atoms with van der Waals surface area (Å²) in [7, 11) is 3.87. The van der Waals surface area contributed by atoms with Crippen molar-refractivity contribution in [1.29, 1.82) is 0 Å². The standard InChI is InChI=1S/C25H24N6O2/c1-14-8-9-16(10-15(14)2)23-19-12-20(22(32)13-21(19)26-27-23)24-28-29-25(33)31(24)18-7-5-6-17(11-18)30(3)4/h5-13,32H,1-4H3,(H,26,27)(H,29,33). The third kappa shape index (κ3) is 3.45. The fourth-order valence-corrected chi connectivity index (χ4v) is 3.97. The SMILES string of the molecule is Cc1ccc(-c2n[nH]c3cc(O)c(-c4n[nH]c(=O)n4-c4cccc(N(C)C)c4)cc23)cc1C. The van der Waals surface area contributed by atoms with Crippen molar-refractivity contribution in [1.82, 2.24) is 25.0 Å². The first-order chi connectivity index (χ1) is 15.8. The Labute approximate surface area is 190 Å². The van der Waals surface area contributed by atoms with Gasteiger partial charge in [0, 0.05) is 36.8 Å². The van der Waals surface area contributed by atoms with Crippen LogP contribution in [-0.4, -0.2) is 44.2 Å². The van der Waals surface area contributed by atoms with Gasteiger partial charge in [-0.25, -0.2) is 14.5 Å². The van der Waals surface area contributed by atoms with Gasteiger partial charge in [0.25, 0.3) is 0 Å². The van der Waals surface area contributed by atoms with Crippen molar-refractivity contribution in [3.8, 4) is 34.1 Å². The number of rotatable bonds is 4. The predicted molar refractivity (Wildman–Crippen MR) is 130 cm³/mol. The van der Waals surface area contributed by atoms with Crippen molar-refractivity contribution >= 4 is 16.6 Å². The summed E-state index contributed by atoms with van der Waals surface area (Å²) in [5.74, 6) is 0.323. The van der Waals surface area contributed by atoms with Crippen LogP contribution in [0.3, 0.4) is 0 Å². The zero-order valence-corrected chi connectivity index (χ0v) is 18.8. The minimum Gasteiger partial charge on any atom is -0.507 e. The zero-order valence-electron chi connectivity index (χ0n) is 18.8. The highest BCUT2D eigenvalue weighted by Gasteiger charge is 2.19. The molecule has 0 unspecified atom stereocenters. The van der Waals surface area contributed by atoms with E-state index >= 15 is 0 Å². The Kier molecular flexibility index (Phi) is 4.78. The van der Waals surface area contributed by atoms with Crippen LogP contribution in [0.4, 0.5) is 5.69 Å². The molecule has 0 aliphatic rings. The molecule has 8 nitrogen and oxygen atoms in total. The number of anilines is 1. The molecule has 0 spiro atoms. The smallest absolute Gasteiger partial charge is 0.348 e. The maximum atomic E-state index is 12.7. The van der Waals surface area contributed by atoms with Gasteiger partial charge in [-0.2, -0.15) is 10.2 Å². The zero-order chi connectivity index (χ0) is 23.3. The van der Waals surface area contributed by atoms with Crippen LogP contribution in [0.25, 0.3) is 39.2 Å². The lowest BCUT2D eigenvalue weighted by Gasteiger charge is -2.14. The summed E-state index contributed by atoms with van der Waals surface area (Å²) in [5.41, 5.74) is 6.46. The molecule has 0 fully saturated rings. The van der Waals surface area contributed by atoms with Crippen molar-refractivity contribution < 1.29 is 5.11 Å². The van der Waals surface area contributed by atoms with Crippen LogP contribution in [-0.2, 0) is 0 Å². The molecule has 33 heavy (non-hydrogen) atoms. The molecule has 0 radical (unpaired) electrons. The number of aromatic amines is 2. The maximum Gasteiger partial charge on any atom is 0.348 e. The first-order valence-electron chi connectivity index (χ1n) is 10.6. The van der Waals surface area contributed by atoms with E-state index in [1.54, 1.807) is 6.07 Å². The van der Waals surface area contributed by atoms with Gasteiger partial charge in [-0.1, -0.05) is 18.2 Å². The number of benzene rings is 3. The Hall–Kier alpha value is -4.33. The van der Waals surface area contributed by atoms with Crippen LogP contribution in [0, 0.1) is 13.8 Å². The first kappa shape index (κ1) is 20.6. The summed E-state index contributed by atoms with van der Waals surface area (Å²) >= 11 is 0. The number of phenols is 1. The number of H-pyrrole nitrogens is 2. The molecule has 5 aromatic rings. The van der Waals surface area contributed by atoms with Crippen molar-refractivity contribution in [3.63, 3.8) is 0 Å². The lowest BCUT2D eigenvalue weighted by molar-refractivity contribution is 0.477. The van der Waals surface area contributed by atoms with Gasteiger partial charge >= 0.3 is 5.69 Å². The Morgan fingerprint density at radius 2 is 1.76 bits per heavy atom. The van der Waals surface area contributed by atoms with E-state index in [0.29, 0.717) is 22.6 Å². The molecule has 0 saturated carbocycles. The van der Waals surface area contributed by atoms with Gasteiger partial charge in [-0.15, -0.1) is 0 Å². The van der Waals surface area contributed by atoms with E-state index in [-0.39, 0.29) is 11.4 Å². The molecular formula is C25H24N6O2. The van der Waals surface area contributed by atoms with E-state index in [0.717, 1.165) is 22.3 Å². The normalized spacial score (nSPS) is 11.3. The molecule has 8 heteroatoms. The Morgan fingerprint density at radius 3 is 2.52 bits per heavy atom. The second-order valence-electron chi connectivity index (χ2n) is 8.39. The van der Waals surface area contributed by atoms with Gasteiger partial charge in [-0.3, -0.25) is 5.10 Å². The first-order valence-corrected chi connectivity index (χ1v) is 10.6. The van der Waals surface area contributed by atoms with E-state index in [9.17, 15) is 9.90 Å². The third-order valence-corrected chi connectivity index (χ3v) is 5.98. The van der Waals surface area contributed by atoms with Gasteiger partial charge in [0.05, 0.1) is 22.5 Å². The van der Waals surface area contributed by atoms with Crippen molar-refractivity contribution in [2.45, 2.75) is 13.8 Å². The largest absolute Gasteiger partial charge is 0.507 e. The summed E-state index contributed by atoms with van der Waals surface area (Å²) in [6.45, 7) is 4.13. The molecule has 3 N–H and O–H groups in total. The minimum absolute atomic E-state index is 0.00167. The highest BCUT2D eigenvalue weighted by molar-refractivity contribution is 5.97. The average molecular weight is 441 g/mol. The minimum atomic E-state index is -0.387. The van der Waals surface area contributed by atoms with E-state index in [2.05, 4.69) is 46.4 Å². The van der Waals surface area contributed by atoms with Crippen LogP contribution in [0.1, 0.15) is 11.1 Å². The highest BCUT2D eigenvalue weighted by Crippen LogP contribution is 2.36. The van der Waals surface area contributed by atoms with E-state index in [1.807, 2.05) is 55.4 Å². The van der Waals surface area contributed by atoms with Crippen molar-refractivity contribution in [2.75, 3.05) is 19.0 Å². The molecule has 0 saturated heterocycles. The number of aromatic hydroxyl groups is 1. The fraction of sp³-hybridized carbons (Fsp3) is 0.160. The number of aryl methyl sites for hydroxylation is 2. The van der Waals surface area contributed by atoms with Gasteiger partial charge in [-0.05, 0) is 55.3 Å². The van der Waals surface area contributed by atoms with E-state index < -0.39 is 0 Å². The number of nitrogens with zero attached hydrogens (tertiary/aromatic N) is 4. The molecule has 0 bridgehead atoms. The van der Waals surface area contributed by atoms with Crippen LogP contribution in [0.15, 0.2) is 59.4 Å². The van der Waals surface area contributed by atoms with Gasteiger partial charge in [0.1, 0.15) is 5.75 Å². The summed E-state index contributed by atoms with van der Waals surface area (Å²) in [4.78, 5) is 14.7. The summed E-state index contributed by atoms with van der Waals surface area (Å²) in [6, 6.07) is 17.2. The molecule has 166 valence electrons.